The largest absolute Gasteiger partial charge is 0.299 e. The molecule has 0 saturated carbocycles. The van der Waals surface area contributed by atoms with Crippen molar-refractivity contribution in [3.05, 3.63) is 35.4 Å². The molecule has 1 nitrogen and oxygen atoms in total. The van der Waals surface area contributed by atoms with E-state index in [1.165, 1.54) is 11.1 Å². The molecule has 0 unspecified atom stereocenters. The van der Waals surface area contributed by atoms with Gasteiger partial charge in [0, 0.05) is 5.75 Å². The highest BCUT2D eigenvalue weighted by atomic mass is 32.2. The zero-order valence-electron chi connectivity index (χ0n) is 9.92. The van der Waals surface area contributed by atoms with Crippen molar-refractivity contribution < 1.29 is 0 Å². The Kier molecular flexibility index (Phi) is 3.97. The third kappa shape index (κ3) is 4.08. The topological polar surface area (TPSA) is 23.9 Å². The Labute approximate surface area is 96.8 Å². The van der Waals surface area contributed by atoms with Gasteiger partial charge in [-0.25, -0.2) is 0 Å². The molecule has 1 N–H and O–H groups in total. The normalized spacial score (nSPS) is 11.5. The summed E-state index contributed by atoms with van der Waals surface area (Å²) in [5.74, 6) is 0.903. The monoisotopic (exact) mass is 221 g/mol. The van der Waals surface area contributed by atoms with Crippen molar-refractivity contribution in [1.29, 1.82) is 5.41 Å². The van der Waals surface area contributed by atoms with E-state index in [9.17, 15) is 0 Å². The first-order valence-electron chi connectivity index (χ1n) is 5.17. The first-order chi connectivity index (χ1) is 6.89. The Hall–Kier alpha value is -0.760. The Morgan fingerprint density at radius 1 is 1.20 bits per heavy atom. The minimum atomic E-state index is 0.225. The number of nitrogens with one attached hydrogen (secondary N) is 1. The summed E-state index contributed by atoms with van der Waals surface area (Å²) in [4.78, 5) is 0. The van der Waals surface area contributed by atoms with Crippen molar-refractivity contribution in [2.24, 2.45) is 0 Å². The van der Waals surface area contributed by atoms with Crippen molar-refractivity contribution >= 4 is 16.8 Å². The maximum atomic E-state index is 7.35. The third-order valence-corrected chi connectivity index (χ3v) is 3.19. The Bertz CT molecular complexity index is 333. The Morgan fingerprint density at radius 3 is 2.13 bits per heavy atom. The lowest BCUT2D eigenvalue weighted by atomic mass is 9.87. The van der Waals surface area contributed by atoms with Crippen LogP contribution in [-0.4, -0.2) is 5.04 Å². The summed E-state index contributed by atoms with van der Waals surface area (Å²) in [6.07, 6.45) is 0. The van der Waals surface area contributed by atoms with Crippen LogP contribution in [0.3, 0.4) is 0 Å². The molecule has 0 aromatic heterocycles. The molecule has 0 fully saturated rings. The zero-order valence-corrected chi connectivity index (χ0v) is 10.7. The minimum Gasteiger partial charge on any atom is -0.299 e. The fourth-order valence-electron chi connectivity index (χ4n) is 1.29. The number of rotatable bonds is 2. The van der Waals surface area contributed by atoms with E-state index in [0.29, 0.717) is 5.04 Å². The van der Waals surface area contributed by atoms with E-state index in [1.54, 1.807) is 11.8 Å². The van der Waals surface area contributed by atoms with Crippen molar-refractivity contribution in [2.45, 2.75) is 38.9 Å². The molecule has 0 amide bonds. The minimum absolute atomic E-state index is 0.225. The van der Waals surface area contributed by atoms with Gasteiger partial charge in [-0.15, -0.1) is 11.8 Å². The summed E-state index contributed by atoms with van der Waals surface area (Å²) in [6, 6.07) is 8.71. The lowest BCUT2D eigenvalue weighted by Crippen LogP contribution is -2.10. The lowest BCUT2D eigenvalue weighted by Gasteiger charge is -2.19. The second-order valence-corrected chi connectivity index (χ2v) is 5.98. The average Bonchev–Trinajstić information content (AvgIpc) is 2.14. The molecule has 15 heavy (non-hydrogen) atoms. The van der Waals surface area contributed by atoms with Gasteiger partial charge in [0.2, 0.25) is 0 Å². The SMILES string of the molecule is CC(=N)SCc1ccc(C(C)(C)C)cc1. The molecule has 1 rings (SSSR count). The van der Waals surface area contributed by atoms with Crippen molar-refractivity contribution in [3.63, 3.8) is 0 Å². The summed E-state index contributed by atoms with van der Waals surface area (Å²) < 4.78 is 0. The fourth-order valence-corrected chi connectivity index (χ4v) is 1.87. The predicted molar refractivity (Wildman–Crippen MR) is 69.8 cm³/mol. The van der Waals surface area contributed by atoms with Crippen LogP contribution in [0.15, 0.2) is 24.3 Å². The highest BCUT2D eigenvalue weighted by molar-refractivity contribution is 8.13. The summed E-state index contributed by atoms with van der Waals surface area (Å²) >= 11 is 1.58. The fraction of sp³-hybridized carbons (Fsp3) is 0.462. The quantitative estimate of drug-likeness (QED) is 0.587. The second kappa shape index (κ2) is 4.84. The molecular formula is C13H19NS. The maximum Gasteiger partial charge on any atom is 0.0613 e. The zero-order chi connectivity index (χ0) is 11.5. The lowest BCUT2D eigenvalue weighted by molar-refractivity contribution is 0.590. The van der Waals surface area contributed by atoms with Crippen LogP contribution in [-0.2, 0) is 11.2 Å². The van der Waals surface area contributed by atoms with Crippen LogP contribution in [0.2, 0.25) is 0 Å². The molecule has 82 valence electrons. The Morgan fingerprint density at radius 2 is 1.73 bits per heavy atom. The van der Waals surface area contributed by atoms with Gasteiger partial charge in [-0.1, -0.05) is 45.0 Å². The number of hydrogen-bond acceptors (Lipinski definition) is 2. The highest BCUT2D eigenvalue weighted by Gasteiger charge is 2.12. The standard InChI is InChI=1S/C13H19NS/c1-10(14)15-9-11-5-7-12(8-6-11)13(2,3)4/h5-8,14H,9H2,1-4H3. The van der Waals surface area contributed by atoms with Gasteiger partial charge in [-0.3, -0.25) is 5.41 Å². The number of hydrogen-bond donors (Lipinski definition) is 1. The van der Waals surface area contributed by atoms with Crippen LogP contribution in [0.4, 0.5) is 0 Å². The van der Waals surface area contributed by atoms with Gasteiger partial charge in [0.05, 0.1) is 5.04 Å². The molecule has 2 heteroatoms. The van der Waals surface area contributed by atoms with Crippen LogP contribution in [0.5, 0.6) is 0 Å². The van der Waals surface area contributed by atoms with Gasteiger partial charge in [-0.2, -0.15) is 0 Å². The summed E-state index contributed by atoms with van der Waals surface area (Å²) in [6.45, 7) is 8.49. The molecule has 0 aliphatic heterocycles. The van der Waals surface area contributed by atoms with Crippen LogP contribution in [0.25, 0.3) is 0 Å². The third-order valence-electron chi connectivity index (χ3n) is 2.28. The van der Waals surface area contributed by atoms with Crippen molar-refractivity contribution in [3.8, 4) is 0 Å². The smallest absolute Gasteiger partial charge is 0.0613 e. The summed E-state index contributed by atoms with van der Waals surface area (Å²) in [7, 11) is 0. The molecule has 0 saturated heterocycles. The highest BCUT2D eigenvalue weighted by Crippen LogP contribution is 2.23. The first kappa shape index (κ1) is 12.3. The molecule has 1 aromatic carbocycles. The maximum absolute atomic E-state index is 7.35. The van der Waals surface area contributed by atoms with Gasteiger partial charge in [0.25, 0.3) is 0 Å². The second-order valence-electron chi connectivity index (χ2n) is 4.79. The first-order valence-corrected chi connectivity index (χ1v) is 6.15. The van der Waals surface area contributed by atoms with Gasteiger partial charge < -0.3 is 0 Å². The average molecular weight is 221 g/mol. The molecule has 0 spiro atoms. The van der Waals surface area contributed by atoms with E-state index in [2.05, 4.69) is 45.0 Å². The summed E-state index contributed by atoms with van der Waals surface area (Å²) in [5.41, 5.74) is 2.88. The van der Waals surface area contributed by atoms with E-state index >= 15 is 0 Å². The van der Waals surface area contributed by atoms with E-state index in [0.717, 1.165) is 5.75 Å². The van der Waals surface area contributed by atoms with E-state index in [-0.39, 0.29) is 5.41 Å². The predicted octanol–water partition coefficient (Wildman–Crippen LogP) is 4.21. The summed E-state index contributed by atoms with van der Waals surface area (Å²) in [5, 5.41) is 8.02. The molecule has 0 heterocycles. The number of thioether (sulfide) groups is 1. The molecular weight excluding hydrogens is 202 g/mol. The molecule has 0 radical (unpaired) electrons. The van der Waals surface area contributed by atoms with Crippen molar-refractivity contribution in [1.82, 2.24) is 0 Å². The van der Waals surface area contributed by atoms with Gasteiger partial charge in [0.1, 0.15) is 0 Å². The molecule has 0 atom stereocenters. The van der Waals surface area contributed by atoms with E-state index in [4.69, 9.17) is 5.41 Å². The van der Waals surface area contributed by atoms with E-state index in [1.807, 2.05) is 6.92 Å². The van der Waals surface area contributed by atoms with Gasteiger partial charge in [0.15, 0.2) is 0 Å². The van der Waals surface area contributed by atoms with Crippen molar-refractivity contribution in [2.75, 3.05) is 0 Å². The molecule has 0 bridgehead atoms. The molecule has 0 aliphatic carbocycles. The molecule has 1 aromatic rings. The molecule has 0 aliphatic rings. The van der Waals surface area contributed by atoms with Crippen LogP contribution in [0, 0.1) is 5.41 Å². The van der Waals surface area contributed by atoms with Crippen LogP contribution >= 0.6 is 11.8 Å². The van der Waals surface area contributed by atoms with E-state index < -0.39 is 0 Å². The van der Waals surface area contributed by atoms with Crippen LogP contribution < -0.4 is 0 Å². The van der Waals surface area contributed by atoms with Gasteiger partial charge in [-0.05, 0) is 23.5 Å². The van der Waals surface area contributed by atoms with Crippen LogP contribution in [0.1, 0.15) is 38.8 Å². The number of benzene rings is 1. The van der Waals surface area contributed by atoms with Gasteiger partial charge >= 0.3 is 0 Å². The Balaban J connectivity index is 2.69.